The van der Waals surface area contributed by atoms with Gasteiger partial charge in [-0.2, -0.15) is 0 Å². The second-order valence-electron chi connectivity index (χ2n) is 5.88. The van der Waals surface area contributed by atoms with E-state index < -0.39 is 0 Å². The van der Waals surface area contributed by atoms with E-state index in [-0.39, 0.29) is 5.54 Å². The maximum absolute atomic E-state index is 5.83. The first-order chi connectivity index (χ1) is 8.44. The quantitative estimate of drug-likeness (QED) is 0.615. The van der Waals surface area contributed by atoms with Crippen LogP contribution < -0.4 is 11.1 Å². The lowest BCUT2D eigenvalue weighted by Crippen LogP contribution is -2.44. The number of imidazole rings is 1. The molecule has 0 aliphatic carbocycles. The molecular formula is C13H23N5. The van der Waals surface area contributed by atoms with E-state index in [4.69, 9.17) is 5.73 Å². The minimum absolute atomic E-state index is 0.0545. The Morgan fingerprint density at radius 3 is 2.94 bits per heavy atom. The topological polar surface area (TPSA) is 68.2 Å². The maximum atomic E-state index is 5.83. The van der Waals surface area contributed by atoms with Crippen molar-refractivity contribution < 1.29 is 0 Å². The highest BCUT2D eigenvalue weighted by Crippen LogP contribution is 2.14. The van der Waals surface area contributed by atoms with Crippen LogP contribution in [-0.4, -0.2) is 21.0 Å². The molecule has 2 rings (SSSR count). The summed E-state index contributed by atoms with van der Waals surface area (Å²) in [5.74, 6) is 1.67. The van der Waals surface area contributed by atoms with E-state index in [9.17, 15) is 0 Å². The van der Waals surface area contributed by atoms with Crippen LogP contribution in [0.4, 0.5) is 0 Å². The lowest BCUT2D eigenvalue weighted by atomic mass is 10.1. The van der Waals surface area contributed by atoms with E-state index in [2.05, 4.69) is 46.8 Å². The SMILES string of the molecule is CC(C)(C)NC(N)=NCc1cn2c(n1)CCCC2. The zero-order valence-corrected chi connectivity index (χ0v) is 11.5. The Balaban J connectivity index is 1.97. The van der Waals surface area contributed by atoms with Crippen LogP contribution >= 0.6 is 0 Å². The molecular weight excluding hydrogens is 226 g/mol. The van der Waals surface area contributed by atoms with Crippen molar-refractivity contribution in [3.63, 3.8) is 0 Å². The first-order valence-corrected chi connectivity index (χ1v) is 6.57. The zero-order valence-electron chi connectivity index (χ0n) is 11.5. The van der Waals surface area contributed by atoms with E-state index in [1.54, 1.807) is 0 Å². The molecule has 0 atom stereocenters. The molecule has 100 valence electrons. The number of aliphatic imine (C=N–C) groups is 1. The van der Waals surface area contributed by atoms with Crippen LogP contribution in [0.15, 0.2) is 11.2 Å². The molecule has 3 N–H and O–H groups in total. The van der Waals surface area contributed by atoms with Crippen LogP contribution in [0.1, 0.15) is 45.1 Å². The van der Waals surface area contributed by atoms with Gasteiger partial charge in [0.1, 0.15) is 5.82 Å². The van der Waals surface area contributed by atoms with E-state index in [1.807, 2.05) is 0 Å². The number of nitrogens with zero attached hydrogens (tertiary/aromatic N) is 3. The van der Waals surface area contributed by atoms with Crippen molar-refractivity contribution in [2.45, 2.75) is 58.7 Å². The summed E-state index contributed by atoms with van der Waals surface area (Å²) in [5.41, 5.74) is 6.78. The van der Waals surface area contributed by atoms with E-state index in [0.29, 0.717) is 12.5 Å². The number of aromatic nitrogens is 2. The molecule has 1 aliphatic heterocycles. The molecule has 1 aliphatic rings. The number of nitrogens with two attached hydrogens (primary N) is 1. The number of rotatable bonds is 2. The van der Waals surface area contributed by atoms with Crippen LogP contribution in [-0.2, 0) is 19.5 Å². The van der Waals surface area contributed by atoms with Gasteiger partial charge in [-0.1, -0.05) is 0 Å². The summed E-state index contributed by atoms with van der Waals surface area (Å²) in [5, 5.41) is 3.14. The molecule has 18 heavy (non-hydrogen) atoms. The first kappa shape index (κ1) is 12.9. The van der Waals surface area contributed by atoms with E-state index in [1.165, 1.54) is 18.7 Å². The van der Waals surface area contributed by atoms with E-state index >= 15 is 0 Å². The number of guanidine groups is 1. The van der Waals surface area contributed by atoms with Crippen LogP contribution in [0.3, 0.4) is 0 Å². The largest absolute Gasteiger partial charge is 0.370 e. The molecule has 0 bridgehead atoms. The third-order valence-corrected chi connectivity index (χ3v) is 2.87. The van der Waals surface area contributed by atoms with Gasteiger partial charge in [-0.25, -0.2) is 9.98 Å². The highest BCUT2D eigenvalue weighted by molar-refractivity contribution is 5.78. The summed E-state index contributed by atoms with van der Waals surface area (Å²) in [6, 6.07) is 0. The van der Waals surface area contributed by atoms with Gasteiger partial charge in [0.25, 0.3) is 0 Å². The molecule has 0 radical (unpaired) electrons. The minimum atomic E-state index is -0.0545. The summed E-state index contributed by atoms with van der Waals surface area (Å²) >= 11 is 0. The van der Waals surface area contributed by atoms with Crippen LogP contribution in [0, 0.1) is 0 Å². The average molecular weight is 249 g/mol. The molecule has 5 nitrogen and oxygen atoms in total. The van der Waals surface area contributed by atoms with Crippen LogP contribution in [0.2, 0.25) is 0 Å². The molecule has 5 heteroatoms. The predicted molar refractivity (Wildman–Crippen MR) is 73.4 cm³/mol. The number of aryl methyl sites for hydroxylation is 2. The number of hydrogen-bond donors (Lipinski definition) is 2. The van der Waals surface area contributed by atoms with Gasteiger partial charge < -0.3 is 15.6 Å². The van der Waals surface area contributed by atoms with Gasteiger partial charge in [-0.3, -0.25) is 0 Å². The molecule has 0 saturated carbocycles. The van der Waals surface area contributed by atoms with Crippen molar-refractivity contribution >= 4 is 5.96 Å². The zero-order chi connectivity index (χ0) is 13.2. The lowest BCUT2D eigenvalue weighted by molar-refractivity contribution is 0.508. The van der Waals surface area contributed by atoms with Gasteiger partial charge in [0.2, 0.25) is 0 Å². The fourth-order valence-corrected chi connectivity index (χ4v) is 2.14. The number of nitrogens with one attached hydrogen (secondary N) is 1. The Morgan fingerprint density at radius 1 is 1.50 bits per heavy atom. The van der Waals surface area contributed by atoms with E-state index in [0.717, 1.165) is 18.7 Å². The molecule has 0 amide bonds. The molecule has 0 aromatic carbocycles. The highest BCUT2D eigenvalue weighted by Gasteiger charge is 2.12. The molecule has 1 aromatic rings. The molecule has 0 spiro atoms. The Labute approximate surface area is 108 Å². The second kappa shape index (κ2) is 5.00. The normalized spacial score (nSPS) is 16.5. The predicted octanol–water partition coefficient (Wildman–Crippen LogP) is 1.42. The van der Waals surface area contributed by atoms with Crippen molar-refractivity contribution in [2.75, 3.05) is 0 Å². The van der Waals surface area contributed by atoms with Crippen molar-refractivity contribution in [1.82, 2.24) is 14.9 Å². The van der Waals surface area contributed by atoms with Crippen molar-refractivity contribution in [1.29, 1.82) is 0 Å². The molecule has 0 fully saturated rings. The summed E-state index contributed by atoms with van der Waals surface area (Å²) in [4.78, 5) is 8.92. The van der Waals surface area contributed by atoms with Crippen LogP contribution in [0.5, 0.6) is 0 Å². The Bertz CT molecular complexity index is 415. The number of fused-ring (bicyclic) bond motifs is 1. The van der Waals surface area contributed by atoms with Crippen molar-refractivity contribution in [2.24, 2.45) is 10.7 Å². The summed E-state index contributed by atoms with van der Waals surface area (Å²) in [6.45, 7) is 7.82. The van der Waals surface area contributed by atoms with Crippen molar-refractivity contribution in [3.8, 4) is 0 Å². The Hall–Kier alpha value is -1.52. The van der Waals surface area contributed by atoms with Gasteiger partial charge in [0.15, 0.2) is 5.96 Å². The fraction of sp³-hybridized carbons (Fsp3) is 0.692. The molecule has 0 unspecified atom stereocenters. The first-order valence-electron chi connectivity index (χ1n) is 6.57. The monoisotopic (exact) mass is 249 g/mol. The standard InChI is InChI=1S/C13H23N5/c1-13(2,3)17-12(14)15-8-10-9-18-7-5-4-6-11(18)16-10/h9H,4-8H2,1-3H3,(H3,14,15,17). The Kier molecular flexibility index (Phi) is 3.59. The number of hydrogen-bond acceptors (Lipinski definition) is 2. The third kappa shape index (κ3) is 3.48. The van der Waals surface area contributed by atoms with Crippen LogP contribution in [0.25, 0.3) is 0 Å². The second-order valence-corrected chi connectivity index (χ2v) is 5.88. The van der Waals surface area contributed by atoms with Gasteiger partial charge in [-0.15, -0.1) is 0 Å². The minimum Gasteiger partial charge on any atom is -0.370 e. The Morgan fingerprint density at radius 2 is 2.28 bits per heavy atom. The summed E-state index contributed by atoms with van der Waals surface area (Å²) < 4.78 is 2.24. The fourth-order valence-electron chi connectivity index (χ4n) is 2.14. The van der Waals surface area contributed by atoms with Gasteiger partial charge in [-0.05, 0) is 33.6 Å². The maximum Gasteiger partial charge on any atom is 0.189 e. The van der Waals surface area contributed by atoms with Gasteiger partial charge in [0, 0.05) is 24.7 Å². The third-order valence-electron chi connectivity index (χ3n) is 2.87. The summed E-state index contributed by atoms with van der Waals surface area (Å²) in [7, 11) is 0. The summed E-state index contributed by atoms with van der Waals surface area (Å²) in [6.07, 6.45) is 5.68. The highest BCUT2D eigenvalue weighted by atomic mass is 15.1. The molecule has 2 heterocycles. The van der Waals surface area contributed by atoms with Gasteiger partial charge in [0.05, 0.1) is 12.2 Å². The average Bonchev–Trinajstić information content (AvgIpc) is 2.66. The molecule has 1 aromatic heterocycles. The smallest absolute Gasteiger partial charge is 0.189 e. The van der Waals surface area contributed by atoms with Gasteiger partial charge >= 0.3 is 0 Å². The molecule has 0 saturated heterocycles. The lowest BCUT2D eigenvalue weighted by Gasteiger charge is -2.20. The van der Waals surface area contributed by atoms with Crippen molar-refractivity contribution in [3.05, 3.63) is 17.7 Å².